The molecular formula is C20H33N5O. The number of likely N-dealkylation sites (N-methyl/N-ethyl adjacent to an activating group) is 1. The zero-order chi connectivity index (χ0) is 18.9. The highest BCUT2D eigenvalue weighted by Crippen LogP contribution is 2.15. The quantitative estimate of drug-likeness (QED) is 0.532. The maximum absolute atomic E-state index is 11.5. The lowest BCUT2D eigenvalue weighted by molar-refractivity contribution is -0.122. The first-order chi connectivity index (χ1) is 12.5. The molecular weight excluding hydrogens is 326 g/mol. The largest absolute Gasteiger partial charge is 0.358 e. The average Bonchev–Trinajstić information content (AvgIpc) is 2.66. The van der Waals surface area contributed by atoms with Crippen LogP contribution in [0.15, 0.2) is 29.3 Å². The molecule has 1 aromatic rings. The molecule has 0 aromatic heterocycles. The van der Waals surface area contributed by atoms with Crippen LogP contribution in [0.1, 0.15) is 36.8 Å². The maximum atomic E-state index is 11.5. The van der Waals surface area contributed by atoms with E-state index in [1.165, 1.54) is 11.1 Å². The minimum absolute atomic E-state index is 0.0824. The molecule has 6 heteroatoms. The number of guanidine groups is 1. The number of likely N-dealkylation sites (tertiary alicyclic amines) is 1. The van der Waals surface area contributed by atoms with Gasteiger partial charge >= 0.3 is 0 Å². The highest BCUT2D eigenvalue weighted by Gasteiger charge is 2.21. The van der Waals surface area contributed by atoms with Gasteiger partial charge in [-0.25, -0.2) is 0 Å². The van der Waals surface area contributed by atoms with Crippen LogP contribution in [-0.2, 0) is 4.79 Å². The van der Waals surface area contributed by atoms with Crippen molar-refractivity contribution in [1.29, 1.82) is 0 Å². The van der Waals surface area contributed by atoms with Crippen molar-refractivity contribution in [3.05, 3.63) is 35.4 Å². The highest BCUT2D eigenvalue weighted by molar-refractivity contribution is 5.80. The van der Waals surface area contributed by atoms with Crippen LogP contribution in [0.2, 0.25) is 0 Å². The topological polar surface area (TPSA) is 68.8 Å². The predicted octanol–water partition coefficient (Wildman–Crippen LogP) is 1.47. The molecule has 1 fully saturated rings. The smallest absolute Gasteiger partial charge is 0.233 e. The predicted molar refractivity (Wildman–Crippen MR) is 108 cm³/mol. The Bertz CT molecular complexity index is 608. The second kappa shape index (κ2) is 10.2. The number of amides is 1. The van der Waals surface area contributed by atoms with E-state index < -0.39 is 0 Å². The Morgan fingerprint density at radius 1 is 1.35 bits per heavy atom. The number of benzene rings is 1. The van der Waals surface area contributed by atoms with Crippen LogP contribution in [0, 0.1) is 6.92 Å². The summed E-state index contributed by atoms with van der Waals surface area (Å²) in [5.41, 5.74) is 2.64. The summed E-state index contributed by atoms with van der Waals surface area (Å²) in [7, 11) is 3.50. The molecule has 6 nitrogen and oxygen atoms in total. The van der Waals surface area contributed by atoms with Gasteiger partial charge in [0.25, 0.3) is 0 Å². The van der Waals surface area contributed by atoms with Gasteiger partial charge in [-0.15, -0.1) is 0 Å². The normalized spacial score (nSPS) is 17.6. The van der Waals surface area contributed by atoms with Crippen LogP contribution in [0.25, 0.3) is 0 Å². The van der Waals surface area contributed by atoms with Crippen molar-refractivity contribution in [2.24, 2.45) is 4.99 Å². The lowest BCUT2D eigenvalue weighted by Crippen LogP contribution is -2.50. The molecule has 0 spiro atoms. The Morgan fingerprint density at radius 3 is 2.69 bits per heavy atom. The second-order valence-corrected chi connectivity index (χ2v) is 7.14. The van der Waals surface area contributed by atoms with Gasteiger partial charge < -0.3 is 16.0 Å². The van der Waals surface area contributed by atoms with Crippen molar-refractivity contribution in [2.45, 2.75) is 38.6 Å². The number of nitrogens with one attached hydrogen (secondary N) is 3. The summed E-state index contributed by atoms with van der Waals surface area (Å²) in [6, 6.07) is 9.06. The van der Waals surface area contributed by atoms with Crippen molar-refractivity contribution in [3.63, 3.8) is 0 Å². The van der Waals surface area contributed by atoms with Gasteiger partial charge in [-0.3, -0.25) is 14.7 Å². The van der Waals surface area contributed by atoms with E-state index in [2.05, 4.69) is 64.0 Å². The third-order valence-corrected chi connectivity index (χ3v) is 4.98. The lowest BCUT2D eigenvalue weighted by Gasteiger charge is -2.32. The number of rotatable bonds is 6. The molecule has 3 N–H and O–H groups in total. The zero-order valence-corrected chi connectivity index (χ0v) is 16.5. The van der Waals surface area contributed by atoms with E-state index in [-0.39, 0.29) is 5.91 Å². The molecule has 0 aliphatic carbocycles. The van der Waals surface area contributed by atoms with Gasteiger partial charge in [0, 0.05) is 39.8 Å². The van der Waals surface area contributed by atoms with Crippen LogP contribution in [0.5, 0.6) is 0 Å². The lowest BCUT2D eigenvalue weighted by atomic mass is 9.99. The molecule has 1 atom stereocenters. The number of piperidine rings is 1. The molecule has 0 radical (unpaired) electrons. The van der Waals surface area contributed by atoms with Crippen molar-refractivity contribution < 1.29 is 4.79 Å². The molecule has 1 aliphatic rings. The number of hydrogen-bond donors (Lipinski definition) is 3. The summed E-state index contributed by atoms with van der Waals surface area (Å²) >= 11 is 0. The maximum Gasteiger partial charge on any atom is 0.233 e. The van der Waals surface area contributed by atoms with E-state index in [9.17, 15) is 4.79 Å². The van der Waals surface area contributed by atoms with Gasteiger partial charge in [0.15, 0.2) is 5.96 Å². The Kier molecular flexibility index (Phi) is 7.91. The highest BCUT2D eigenvalue weighted by atomic mass is 16.1. The fraction of sp³-hybridized carbons (Fsp3) is 0.600. The van der Waals surface area contributed by atoms with E-state index in [1.807, 2.05) is 7.05 Å². The van der Waals surface area contributed by atoms with Crippen LogP contribution >= 0.6 is 0 Å². The van der Waals surface area contributed by atoms with Crippen molar-refractivity contribution >= 4 is 11.9 Å². The summed E-state index contributed by atoms with van der Waals surface area (Å²) in [5, 5.41) is 9.66. The molecule has 1 aliphatic heterocycles. The number of carbonyl (C=O) groups excluding carboxylic acids is 1. The summed E-state index contributed by atoms with van der Waals surface area (Å²) < 4.78 is 0. The number of aryl methyl sites for hydroxylation is 1. The van der Waals surface area contributed by atoms with Gasteiger partial charge in [0.2, 0.25) is 5.91 Å². The molecule has 1 unspecified atom stereocenters. The number of aliphatic imine (C=N–C) groups is 1. The minimum Gasteiger partial charge on any atom is -0.358 e. The molecule has 0 saturated carbocycles. The van der Waals surface area contributed by atoms with Crippen molar-refractivity contribution in [1.82, 2.24) is 20.9 Å². The third kappa shape index (κ3) is 6.33. The van der Waals surface area contributed by atoms with Gasteiger partial charge in [-0.2, -0.15) is 0 Å². The van der Waals surface area contributed by atoms with Gasteiger partial charge in [-0.1, -0.05) is 36.8 Å². The summed E-state index contributed by atoms with van der Waals surface area (Å²) in [6.07, 6.45) is 2.04. The molecule has 2 rings (SSSR count). The van der Waals surface area contributed by atoms with Gasteiger partial charge in [0.05, 0.1) is 6.54 Å². The molecule has 26 heavy (non-hydrogen) atoms. The first-order valence-corrected chi connectivity index (χ1v) is 9.48. The fourth-order valence-electron chi connectivity index (χ4n) is 3.25. The number of hydrogen-bond acceptors (Lipinski definition) is 3. The van der Waals surface area contributed by atoms with E-state index in [0.29, 0.717) is 18.5 Å². The molecule has 0 bridgehead atoms. The Morgan fingerprint density at radius 2 is 2.08 bits per heavy atom. The Labute approximate surface area is 157 Å². The van der Waals surface area contributed by atoms with Gasteiger partial charge in [0.1, 0.15) is 0 Å². The van der Waals surface area contributed by atoms with E-state index >= 15 is 0 Å². The first-order valence-electron chi connectivity index (χ1n) is 9.48. The second-order valence-electron chi connectivity index (χ2n) is 7.14. The van der Waals surface area contributed by atoms with Crippen LogP contribution in [0.3, 0.4) is 0 Å². The van der Waals surface area contributed by atoms with Crippen LogP contribution in [-0.4, -0.2) is 63.1 Å². The SMILES string of the molecule is CN=C(NCC(C)c1cccc(C)c1)NC1CCN(CC(=O)NC)CC1. The molecule has 1 heterocycles. The first kappa shape index (κ1) is 20.2. The molecule has 1 aromatic carbocycles. The molecule has 1 amide bonds. The summed E-state index contributed by atoms with van der Waals surface area (Å²) in [5.74, 6) is 1.36. The minimum atomic E-state index is 0.0824. The standard InChI is InChI=1S/C20H33N5O/c1-15-6-5-7-17(12-15)16(2)13-23-20(22-4)24-18-8-10-25(11-9-18)14-19(26)21-3/h5-7,12,16,18H,8-11,13-14H2,1-4H3,(H,21,26)(H2,22,23,24). The molecule has 144 valence electrons. The zero-order valence-electron chi connectivity index (χ0n) is 16.5. The van der Waals surface area contributed by atoms with Crippen molar-refractivity contribution in [2.75, 3.05) is 40.3 Å². The average molecular weight is 360 g/mol. The van der Waals surface area contributed by atoms with E-state index in [1.54, 1.807) is 7.05 Å². The third-order valence-electron chi connectivity index (χ3n) is 4.98. The van der Waals surface area contributed by atoms with E-state index in [0.717, 1.165) is 38.4 Å². The van der Waals surface area contributed by atoms with Crippen LogP contribution < -0.4 is 16.0 Å². The Hall–Kier alpha value is -2.08. The summed E-state index contributed by atoms with van der Waals surface area (Å²) in [4.78, 5) is 18.0. The Balaban J connectivity index is 1.75. The van der Waals surface area contributed by atoms with E-state index in [4.69, 9.17) is 0 Å². The molecule has 1 saturated heterocycles. The summed E-state index contributed by atoms with van der Waals surface area (Å²) in [6.45, 7) is 7.55. The van der Waals surface area contributed by atoms with Crippen LogP contribution in [0.4, 0.5) is 0 Å². The number of carbonyl (C=O) groups is 1. The number of nitrogens with zero attached hydrogens (tertiary/aromatic N) is 2. The monoisotopic (exact) mass is 359 g/mol. The fourth-order valence-corrected chi connectivity index (χ4v) is 3.25. The van der Waals surface area contributed by atoms with Gasteiger partial charge in [-0.05, 0) is 31.2 Å². The van der Waals surface area contributed by atoms with Crippen molar-refractivity contribution in [3.8, 4) is 0 Å².